The summed E-state index contributed by atoms with van der Waals surface area (Å²) < 4.78 is 5.38. The van der Waals surface area contributed by atoms with E-state index in [4.69, 9.17) is 10.5 Å². The first-order valence-electron chi connectivity index (χ1n) is 5.62. The molecule has 0 radical (unpaired) electrons. The number of ether oxygens (including phenoxy) is 1. The van der Waals surface area contributed by atoms with Crippen LogP contribution in [0.4, 0.5) is 0 Å². The topological polar surface area (TPSA) is 55.5 Å². The molecule has 1 rings (SSSR count). The number of rotatable bonds is 4. The molecule has 0 bridgehead atoms. The number of nitrogens with two attached hydrogens (primary N) is 1. The first-order valence-corrected chi connectivity index (χ1v) is 5.62. The van der Waals surface area contributed by atoms with Crippen LogP contribution in [0, 0.1) is 17.8 Å². The fourth-order valence-corrected chi connectivity index (χ4v) is 2.19. The van der Waals surface area contributed by atoms with Gasteiger partial charge in [0.1, 0.15) is 0 Å². The van der Waals surface area contributed by atoms with Gasteiger partial charge in [-0.05, 0) is 31.2 Å². The van der Waals surface area contributed by atoms with Crippen molar-refractivity contribution in [1.29, 1.82) is 0 Å². The van der Waals surface area contributed by atoms with E-state index in [1.54, 1.807) is 0 Å². The molecule has 14 heavy (non-hydrogen) atoms. The van der Waals surface area contributed by atoms with Crippen molar-refractivity contribution in [2.45, 2.75) is 32.8 Å². The third kappa shape index (κ3) is 2.94. The lowest BCUT2D eigenvalue weighted by atomic mass is 9.81. The van der Waals surface area contributed by atoms with Crippen LogP contribution in [0.25, 0.3) is 0 Å². The minimum Gasteiger partial charge on any atom is -0.392 e. The van der Waals surface area contributed by atoms with Crippen LogP contribution >= 0.6 is 0 Å². The SMILES string of the molecule is CC(C)C(CN)C(O)C1CCCOC1. The van der Waals surface area contributed by atoms with Gasteiger partial charge in [0, 0.05) is 12.5 Å². The van der Waals surface area contributed by atoms with Crippen LogP contribution in [-0.4, -0.2) is 31.0 Å². The molecule has 3 heteroatoms. The van der Waals surface area contributed by atoms with Crippen molar-refractivity contribution < 1.29 is 9.84 Å². The van der Waals surface area contributed by atoms with Gasteiger partial charge in [-0.3, -0.25) is 0 Å². The van der Waals surface area contributed by atoms with Crippen LogP contribution in [0.15, 0.2) is 0 Å². The van der Waals surface area contributed by atoms with Gasteiger partial charge in [-0.1, -0.05) is 13.8 Å². The Labute approximate surface area is 86.6 Å². The van der Waals surface area contributed by atoms with E-state index in [2.05, 4.69) is 13.8 Å². The lowest BCUT2D eigenvalue weighted by Crippen LogP contribution is -2.40. The van der Waals surface area contributed by atoms with Gasteiger partial charge in [-0.25, -0.2) is 0 Å². The van der Waals surface area contributed by atoms with E-state index >= 15 is 0 Å². The highest BCUT2D eigenvalue weighted by Crippen LogP contribution is 2.25. The molecule has 3 atom stereocenters. The second kappa shape index (κ2) is 5.69. The van der Waals surface area contributed by atoms with Crippen molar-refractivity contribution in [1.82, 2.24) is 0 Å². The molecule has 0 aromatic carbocycles. The molecule has 0 aromatic rings. The second-order valence-corrected chi connectivity index (χ2v) is 4.61. The molecule has 1 saturated heterocycles. The zero-order valence-corrected chi connectivity index (χ0v) is 9.28. The summed E-state index contributed by atoms with van der Waals surface area (Å²) in [7, 11) is 0. The van der Waals surface area contributed by atoms with Gasteiger partial charge >= 0.3 is 0 Å². The Hall–Kier alpha value is -0.120. The van der Waals surface area contributed by atoms with Crippen molar-refractivity contribution in [3.63, 3.8) is 0 Å². The largest absolute Gasteiger partial charge is 0.392 e. The predicted molar refractivity (Wildman–Crippen MR) is 56.9 cm³/mol. The Morgan fingerprint density at radius 2 is 2.21 bits per heavy atom. The average molecular weight is 201 g/mol. The van der Waals surface area contributed by atoms with Crippen LogP contribution in [0.3, 0.4) is 0 Å². The maximum atomic E-state index is 10.1. The van der Waals surface area contributed by atoms with E-state index in [9.17, 15) is 5.11 Å². The standard InChI is InChI=1S/C11H23NO2/c1-8(2)10(6-12)11(13)9-4-3-5-14-7-9/h8-11,13H,3-7,12H2,1-2H3. The molecule has 0 saturated carbocycles. The van der Waals surface area contributed by atoms with Gasteiger partial charge in [0.15, 0.2) is 0 Å². The molecule has 1 heterocycles. The number of aliphatic hydroxyl groups is 1. The molecule has 3 nitrogen and oxygen atoms in total. The Morgan fingerprint density at radius 1 is 1.50 bits per heavy atom. The lowest BCUT2D eigenvalue weighted by Gasteiger charge is -2.33. The zero-order valence-electron chi connectivity index (χ0n) is 9.28. The van der Waals surface area contributed by atoms with Gasteiger partial charge in [0.2, 0.25) is 0 Å². The number of aliphatic hydroxyl groups excluding tert-OH is 1. The monoisotopic (exact) mass is 201 g/mol. The van der Waals surface area contributed by atoms with Crippen LogP contribution in [0.5, 0.6) is 0 Å². The molecule has 1 aliphatic heterocycles. The summed E-state index contributed by atoms with van der Waals surface area (Å²) in [5, 5.41) is 10.1. The maximum Gasteiger partial charge on any atom is 0.0633 e. The van der Waals surface area contributed by atoms with E-state index in [0.717, 1.165) is 19.4 Å². The average Bonchev–Trinajstić information content (AvgIpc) is 2.19. The van der Waals surface area contributed by atoms with Gasteiger partial charge in [0.05, 0.1) is 12.7 Å². The van der Waals surface area contributed by atoms with E-state index in [1.165, 1.54) is 0 Å². The van der Waals surface area contributed by atoms with Gasteiger partial charge < -0.3 is 15.6 Å². The Morgan fingerprint density at radius 3 is 2.64 bits per heavy atom. The third-order valence-electron chi connectivity index (χ3n) is 3.25. The van der Waals surface area contributed by atoms with Gasteiger partial charge in [-0.2, -0.15) is 0 Å². The first kappa shape index (κ1) is 12.0. The molecule has 3 N–H and O–H groups in total. The van der Waals surface area contributed by atoms with Gasteiger partial charge in [-0.15, -0.1) is 0 Å². The zero-order chi connectivity index (χ0) is 10.6. The lowest BCUT2D eigenvalue weighted by molar-refractivity contribution is -0.0399. The summed E-state index contributed by atoms with van der Waals surface area (Å²) in [6.45, 7) is 6.34. The van der Waals surface area contributed by atoms with E-state index in [0.29, 0.717) is 25.0 Å². The van der Waals surface area contributed by atoms with E-state index in [1.807, 2.05) is 0 Å². The Kier molecular flexibility index (Phi) is 4.85. The highest BCUT2D eigenvalue weighted by atomic mass is 16.5. The minimum absolute atomic E-state index is 0.210. The summed E-state index contributed by atoms with van der Waals surface area (Å²) >= 11 is 0. The molecular weight excluding hydrogens is 178 g/mol. The van der Waals surface area contributed by atoms with Crippen molar-refractivity contribution in [3.8, 4) is 0 Å². The third-order valence-corrected chi connectivity index (χ3v) is 3.25. The van der Waals surface area contributed by atoms with Crippen LogP contribution in [0.2, 0.25) is 0 Å². The fourth-order valence-electron chi connectivity index (χ4n) is 2.19. The number of hydrogen-bond donors (Lipinski definition) is 2. The van der Waals surface area contributed by atoms with Crippen molar-refractivity contribution >= 4 is 0 Å². The molecule has 0 aromatic heterocycles. The summed E-state index contributed by atoms with van der Waals surface area (Å²) in [6, 6.07) is 0. The fraction of sp³-hybridized carbons (Fsp3) is 1.00. The molecule has 0 aliphatic carbocycles. The van der Waals surface area contributed by atoms with E-state index < -0.39 is 0 Å². The second-order valence-electron chi connectivity index (χ2n) is 4.61. The summed E-state index contributed by atoms with van der Waals surface area (Å²) in [4.78, 5) is 0. The Bertz CT molecular complexity index is 155. The molecule has 84 valence electrons. The van der Waals surface area contributed by atoms with Crippen LogP contribution in [0.1, 0.15) is 26.7 Å². The molecule has 0 amide bonds. The minimum atomic E-state index is -0.291. The maximum absolute atomic E-state index is 10.1. The molecular formula is C11H23NO2. The predicted octanol–water partition coefficient (Wildman–Crippen LogP) is 1.00. The first-order chi connectivity index (χ1) is 6.66. The number of hydrogen-bond acceptors (Lipinski definition) is 3. The van der Waals surface area contributed by atoms with Gasteiger partial charge in [0.25, 0.3) is 0 Å². The Balaban J connectivity index is 2.47. The molecule has 1 fully saturated rings. The molecule has 1 aliphatic rings. The van der Waals surface area contributed by atoms with E-state index in [-0.39, 0.29) is 12.0 Å². The van der Waals surface area contributed by atoms with Crippen molar-refractivity contribution in [2.75, 3.05) is 19.8 Å². The summed E-state index contributed by atoms with van der Waals surface area (Å²) in [5.74, 6) is 0.943. The normalized spacial score (nSPS) is 27.6. The molecule has 3 unspecified atom stereocenters. The highest BCUT2D eigenvalue weighted by Gasteiger charge is 2.30. The molecule has 0 spiro atoms. The summed E-state index contributed by atoms with van der Waals surface area (Å²) in [5.41, 5.74) is 5.68. The highest BCUT2D eigenvalue weighted by molar-refractivity contribution is 4.80. The quantitative estimate of drug-likeness (QED) is 0.713. The van der Waals surface area contributed by atoms with Crippen LogP contribution in [-0.2, 0) is 4.74 Å². The van der Waals surface area contributed by atoms with Crippen molar-refractivity contribution in [3.05, 3.63) is 0 Å². The summed E-state index contributed by atoms with van der Waals surface area (Å²) in [6.07, 6.45) is 1.85. The smallest absolute Gasteiger partial charge is 0.0633 e. The van der Waals surface area contributed by atoms with Crippen LogP contribution < -0.4 is 5.73 Å². The van der Waals surface area contributed by atoms with Crippen molar-refractivity contribution in [2.24, 2.45) is 23.5 Å².